The van der Waals surface area contributed by atoms with Crippen LogP contribution >= 0.6 is 0 Å². The van der Waals surface area contributed by atoms with E-state index in [2.05, 4.69) is 31.1 Å². The Bertz CT molecular complexity index is 845. The molecule has 0 fully saturated rings. The van der Waals surface area contributed by atoms with E-state index >= 15 is 0 Å². The van der Waals surface area contributed by atoms with E-state index in [9.17, 15) is 4.79 Å². The van der Waals surface area contributed by atoms with Crippen LogP contribution in [0.5, 0.6) is 0 Å². The van der Waals surface area contributed by atoms with Crippen molar-refractivity contribution in [2.45, 2.75) is 39.3 Å². The summed E-state index contributed by atoms with van der Waals surface area (Å²) in [4.78, 5) is 16.5. The van der Waals surface area contributed by atoms with Gasteiger partial charge >= 0.3 is 0 Å². The molecule has 7 nitrogen and oxygen atoms in total. The first kappa shape index (κ1) is 13.9. The molecule has 3 heterocycles. The lowest BCUT2D eigenvalue weighted by atomic mass is 9.86. The topological polar surface area (TPSA) is 91.8 Å². The quantitative estimate of drug-likeness (QED) is 0.748. The molecule has 3 N–H and O–H groups in total. The summed E-state index contributed by atoms with van der Waals surface area (Å²) in [7, 11) is 0. The Labute approximate surface area is 133 Å². The largest absolute Gasteiger partial charge is 0.357 e. The predicted octanol–water partition coefficient (Wildman–Crippen LogP) is 2.25. The summed E-state index contributed by atoms with van der Waals surface area (Å²) < 4.78 is 0. The van der Waals surface area contributed by atoms with E-state index in [0.29, 0.717) is 5.82 Å². The van der Waals surface area contributed by atoms with Crippen molar-refractivity contribution in [1.29, 1.82) is 0 Å². The lowest BCUT2D eigenvalue weighted by Crippen LogP contribution is -2.26. The van der Waals surface area contributed by atoms with E-state index in [0.717, 1.165) is 34.0 Å². The Kier molecular flexibility index (Phi) is 2.67. The Morgan fingerprint density at radius 3 is 2.39 bits per heavy atom. The first-order valence-electron chi connectivity index (χ1n) is 7.57. The molecule has 1 amide bonds. The summed E-state index contributed by atoms with van der Waals surface area (Å²) in [5.74, 6) is 0.627. The van der Waals surface area contributed by atoms with Crippen molar-refractivity contribution in [3.05, 3.63) is 34.9 Å². The average Bonchev–Trinajstić information content (AvgIpc) is 3.00. The fourth-order valence-electron chi connectivity index (χ4n) is 2.93. The maximum absolute atomic E-state index is 12.1. The molecule has 0 spiro atoms. The smallest absolute Gasteiger partial charge is 0.234 e. The monoisotopic (exact) mass is 310 g/mol. The van der Waals surface area contributed by atoms with Gasteiger partial charge in [0.05, 0.1) is 28.2 Å². The summed E-state index contributed by atoms with van der Waals surface area (Å²) in [5, 5.41) is 17.9. The van der Waals surface area contributed by atoms with Crippen molar-refractivity contribution < 1.29 is 4.79 Å². The number of aromatic nitrogens is 3. The molecule has 2 aliphatic heterocycles. The highest BCUT2D eigenvalue weighted by atomic mass is 16.2. The van der Waals surface area contributed by atoms with Crippen LogP contribution in [-0.4, -0.2) is 21.1 Å². The number of carbonyl (C=O) groups excluding carboxylic acids is 1. The zero-order chi connectivity index (χ0) is 16.4. The third-order valence-electron chi connectivity index (χ3n) is 4.61. The zero-order valence-electron chi connectivity index (χ0n) is 13.5. The van der Waals surface area contributed by atoms with E-state index in [1.54, 1.807) is 0 Å². The number of carbonyl (C=O) groups is 1. The molecule has 1 aromatic carbocycles. The van der Waals surface area contributed by atoms with Crippen LogP contribution in [0.25, 0.3) is 0 Å². The maximum atomic E-state index is 12.1. The third-order valence-corrected chi connectivity index (χ3v) is 4.61. The molecular formula is C16H18N6O. The van der Waals surface area contributed by atoms with E-state index < -0.39 is 5.41 Å². The lowest BCUT2D eigenvalue weighted by molar-refractivity contribution is -0.119. The number of aryl methyl sites for hydroxylation is 2. The molecule has 0 saturated heterocycles. The number of anilines is 3. The van der Waals surface area contributed by atoms with Gasteiger partial charge in [-0.25, -0.2) is 4.98 Å². The second-order valence-corrected chi connectivity index (χ2v) is 6.59. The zero-order valence-corrected chi connectivity index (χ0v) is 13.5. The Hall–Kier alpha value is -2.70. The summed E-state index contributed by atoms with van der Waals surface area (Å²) in [6.07, 6.45) is -0.224. The van der Waals surface area contributed by atoms with Crippen molar-refractivity contribution in [2.24, 2.45) is 0 Å². The van der Waals surface area contributed by atoms with E-state index in [-0.39, 0.29) is 12.1 Å². The van der Waals surface area contributed by atoms with Gasteiger partial charge in [0.1, 0.15) is 0 Å². The van der Waals surface area contributed by atoms with Crippen LogP contribution < -0.4 is 16.0 Å². The van der Waals surface area contributed by atoms with Crippen molar-refractivity contribution in [1.82, 2.24) is 15.2 Å². The number of benzene rings is 1. The molecule has 2 aromatic rings. The molecule has 0 aliphatic carbocycles. The normalized spacial score (nSPS) is 20.3. The molecular weight excluding hydrogens is 292 g/mol. The number of fused-ring (bicyclic) bond motifs is 2. The highest BCUT2D eigenvalue weighted by Gasteiger charge is 2.40. The van der Waals surface area contributed by atoms with Crippen LogP contribution in [0.1, 0.15) is 42.8 Å². The van der Waals surface area contributed by atoms with Gasteiger partial charge in [-0.3, -0.25) is 4.79 Å². The van der Waals surface area contributed by atoms with E-state index in [1.165, 1.54) is 0 Å². The minimum atomic E-state index is -0.525. The molecule has 1 atom stereocenters. The summed E-state index contributed by atoms with van der Waals surface area (Å²) in [6, 6.07) is 3.98. The Morgan fingerprint density at radius 2 is 1.70 bits per heavy atom. The van der Waals surface area contributed by atoms with Gasteiger partial charge in [0.2, 0.25) is 5.91 Å². The van der Waals surface area contributed by atoms with Crippen molar-refractivity contribution in [2.75, 3.05) is 16.0 Å². The minimum Gasteiger partial charge on any atom is -0.357 e. The average molecular weight is 310 g/mol. The first-order chi connectivity index (χ1) is 10.9. The summed E-state index contributed by atoms with van der Waals surface area (Å²) in [6.45, 7) is 7.66. The molecule has 23 heavy (non-hydrogen) atoms. The van der Waals surface area contributed by atoms with Crippen molar-refractivity contribution in [3.8, 4) is 0 Å². The SMILES string of the molecule is Cc1nnc(C2Nc3cc4c(cc3N2)C(C)(C)C(=O)N4)nc1C. The van der Waals surface area contributed by atoms with Gasteiger partial charge < -0.3 is 16.0 Å². The molecule has 1 aromatic heterocycles. The number of amides is 1. The molecule has 7 heteroatoms. The van der Waals surface area contributed by atoms with Gasteiger partial charge in [-0.1, -0.05) is 0 Å². The van der Waals surface area contributed by atoms with Crippen molar-refractivity contribution in [3.63, 3.8) is 0 Å². The van der Waals surface area contributed by atoms with Gasteiger partial charge in [0.25, 0.3) is 0 Å². The van der Waals surface area contributed by atoms with E-state index in [4.69, 9.17) is 0 Å². The first-order valence-corrected chi connectivity index (χ1v) is 7.57. The van der Waals surface area contributed by atoms with Gasteiger partial charge in [-0.05, 0) is 45.4 Å². The molecule has 1 unspecified atom stereocenters. The van der Waals surface area contributed by atoms with Crippen LogP contribution in [0.15, 0.2) is 12.1 Å². The second-order valence-electron chi connectivity index (χ2n) is 6.59. The standard InChI is InChI=1S/C16H18N6O/c1-7-8(2)21-22-14(17-7)13-18-11-5-9-10(6-12(11)19-13)20-15(23)16(9,3)4/h5-6,13,18-19H,1-4H3,(H,20,23). The lowest BCUT2D eigenvalue weighted by Gasteiger charge is -2.15. The van der Waals surface area contributed by atoms with Crippen molar-refractivity contribution >= 4 is 23.0 Å². The van der Waals surface area contributed by atoms with Crippen LogP contribution in [-0.2, 0) is 10.2 Å². The Morgan fingerprint density at radius 1 is 1.00 bits per heavy atom. The summed E-state index contributed by atoms with van der Waals surface area (Å²) >= 11 is 0. The number of hydrogen-bond acceptors (Lipinski definition) is 6. The highest BCUT2D eigenvalue weighted by Crippen LogP contribution is 2.45. The molecule has 0 radical (unpaired) electrons. The number of nitrogens with zero attached hydrogens (tertiary/aromatic N) is 3. The fraction of sp³-hybridized carbons (Fsp3) is 0.375. The minimum absolute atomic E-state index is 0.0226. The molecule has 4 rings (SSSR count). The highest BCUT2D eigenvalue weighted by molar-refractivity contribution is 6.07. The van der Waals surface area contributed by atoms with Crippen LogP contribution in [0.3, 0.4) is 0 Å². The summed E-state index contributed by atoms with van der Waals surface area (Å²) in [5.41, 5.74) is 4.89. The van der Waals surface area contributed by atoms with Crippen LogP contribution in [0.4, 0.5) is 17.1 Å². The number of nitrogens with one attached hydrogen (secondary N) is 3. The van der Waals surface area contributed by atoms with E-state index in [1.807, 2.05) is 39.8 Å². The van der Waals surface area contributed by atoms with Crippen LogP contribution in [0.2, 0.25) is 0 Å². The van der Waals surface area contributed by atoms with Gasteiger partial charge in [-0.15, -0.1) is 5.10 Å². The molecule has 118 valence electrons. The van der Waals surface area contributed by atoms with Gasteiger partial charge in [-0.2, -0.15) is 5.10 Å². The van der Waals surface area contributed by atoms with Crippen LogP contribution in [0, 0.1) is 13.8 Å². The Balaban J connectivity index is 1.69. The molecule has 2 aliphatic rings. The number of rotatable bonds is 1. The molecule has 0 bridgehead atoms. The second kappa shape index (κ2) is 4.41. The number of hydrogen-bond donors (Lipinski definition) is 3. The fourth-order valence-corrected chi connectivity index (χ4v) is 2.93. The third kappa shape index (κ3) is 1.96. The van der Waals surface area contributed by atoms with Gasteiger partial charge in [0.15, 0.2) is 12.0 Å². The maximum Gasteiger partial charge on any atom is 0.234 e. The molecule has 0 saturated carbocycles. The van der Waals surface area contributed by atoms with Gasteiger partial charge in [0, 0.05) is 5.69 Å². The predicted molar refractivity (Wildman–Crippen MR) is 87.4 cm³/mol.